The molecular weight excluding hydrogens is 314 g/mol. The van der Waals surface area contributed by atoms with Crippen LogP contribution in [0.15, 0.2) is 64.6 Å². The molecule has 0 radical (unpaired) electrons. The lowest BCUT2D eigenvalue weighted by atomic mass is 9.91. The van der Waals surface area contributed by atoms with Gasteiger partial charge in [0.25, 0.3) is 0 Å². The van der Waals surface area contributed by atoms with Gasteiger partial charge in [0, 0.05) is 5.56 Å². The number of nitrogens with zero attached hydrogens (tertiary/aromatic N) is 4. The minimum Gasteiger partial charge on any atom is -0.496 e. The van der Waals surface area contributed by atoms with Crippen molar-refractivity contribution in [3.63, 3.8) is 0 Å². The zero-order valence-corrected chi connectivity index (χ0v) is 13.9. The number of hydrogen-bond acceptors (Lipinski definition) is 5. The number of benzene rings is 2. The van der Waals surface area contributed by atoms with Gasteiger partial charge in [-0.2, -0.15) is 5.26 Å². The van der Waals surface area contributed by atoms with Crippen molar-refractivity contribution in [2.45, 2.75) is 12.6 Å². The maximum Gasteiger partial charge on any atom is 0.145 e. The topological polar surface area (TPSA) is 87.0 Å². The van der Waals surface area contributed by atoms with E-state index in [1.54, 1.807) is 7.11 Å². The normalized spacial score (nSPS) is 21.2. The van der Waals surface area contributed by atoms with Crippen LogP contribution in [-0.4, -0.2) is 24.3 Å². The highest BCUT2D eigenvalue weighted by Gasteiger charge is 2.35. The molecule has 2 N–H and O–H groups in total. The maximum atomic E-state index is 9.74. The Labute approximate surface area is 146 Å². The monoisotopic (exact) mass is 333 g/mol. The highest BCUT2D eigenvalue weighted by molar-refractivity contribution is 5.95. The minimum atomic E-state index is -0.588. The van der Waals surface area contributed by atoms with E-state index in [2.05, 4.69) is 16.1 Å². The maximum absolute atomic E-state index is 9.74. The van der Waals surface area contributed by atoms with Gasteiger partial charge in [-0.25, -0.2) is 10.8 Å². The van der Waals surface area contributed by atoms with Gasteiger partial charge in [0.1, 0.15) is 23.8 Å². The van der Waals surface area contributed by atoms with E-state index in [1.165, 1.54) is 11.3 Å². The molecule has 0 saturated carbocycles. The Balaban J connectivity index is 1.95. The summed E-state index contributed by atoms with van der Waals surface area (Å²) in [6.45, 7) is 0.467. The van der Waals surface area contributed by atoms with Gasteiger partial charge in [-0.1, -0.05) is 48.5 Å². The van der Waals surface area contributed by atoms with Crippen LogP contribution in [0.1, 0.15) is 17.2 Å². The van der Waals surface area contributed by atoms with Crippen molar-refractivity contribution in [1.82, 2.24) is 5.01 Å². The fraction of sp³-hybridized carbons (Fsp3) is 0.211. The molecule has 1 aliphatic heterocycles. The van der Waals surface area contributed by atoms with Crippen LogP contribution in [0.2, 0.25) is 0 Å². The Morgan fingerprint density at radius 3 is 2.64 bits per heavy atom. The largest absolute Gasteiger partial charge is 0.496 e. The highest BCUT2D eigenvalue weighted by atomic mass is 16.5. The Kier molecular flexibility index (Phi) is 5.07. The molecule has 0 aromatic heterocycles. The summed E-state index contributed by atoms with van der Waals surface area (Å²) < 4.78 is 5.43. The van der Waals surface area contributed by atoms with Crippen LogP contribution in [0.25, 0.3) is 0 Å². The van der Waals surface area contributed by atoms with Crippen molar-refractivity contribution >= 4 is 12.2 Å². The van der Waals surface area contributed by atoms with E-state index in [9.17, 15) is 5.26 Å². The standard InChI is InChI=1S/C19H19N5O/c1-25-17-10-6-5-9-15(17)18-16(11-20)19(23-13-24(18)21)22-12-14-7-3-2-4-8-14/h2-10,13,16,18H,12,21H2,1H3. The summed E-state index contributed by atoms with van der Waals surface area (Å²) in [5, 5.41) is 11.2. The molecule has 2 aromatic rings. The van der Waals surface area contributed by atoms with Crippen molar-refractivity contribution < 1.29 is 4.74 Å². The van der Waals surface area contributed by atoms with Crippen LogP contribution in [0, 0.1) is 17.2 Å². The minimum absolute atomic E-state index is 0.409. The van der Waals surface area contributed by atoms with Crippen LogP contribution in [0.3, 0.4) is 0 Å². The van der Waals surface area contributed by atoms with Crippen molar-refractivity contribution in [2.24, 2.45) is 21.7 Å². The first-order valence-corrected chi connectivity index (χ1v) is 7.92. The fourth-order valence-corrected chi connectivity index (χ4v) is 2.87. The van der Waals surface area contributed by atoms with Gasteiger partial charge in [-0.05, 0) is 11.6 Å². The summed E-state index contributed by atoms with van der Waals surface area (Å²) in [4.78, 5) is 8.82. The highest BCUT2D eigenvalue weighted by Crippen LogP contribution is 2.35. The molecule has 126 valence electrons. The summed E-state index contributed by atoms with van der Waals surface area (Å²) in [6, 6.07) is 19.3. The van der Waals surface area contributed by atoms with Gasteiger partial charge in [-0.15, -0.1) is 0 Å². The smallest absolute Gasteiger partial charge is 0.145 e. The molecular formula is C19H19N5O. The molecule has 0 aliphatic carbocycles. The van der Waals surface area contributed by atoms with Gasteiger partial charge in [0.2, 0.25) is 0 Å². The van der Waals surface area contributed by atoms with Gasteiger partial charge in [-0.3, -0.25) is 10.0 Å². The summed E-state index contributed by atoms with van der Waals surface area (Å²) in [5.74, 6) is 6.66. The number of amidine groups is 1. The molecule has 0 amide bonds. The molecule has 3 rings (SSSR count). The number of nitriles is 1. The number of hydrazine groups is 1. The summed E-state index contributed by atoms with van der Waals surface area (Å²) >= 11 is 0. The number of nitrogens with two attached hydrogens (primary N) is 1. The second kappa shape index (κ2) is 7.60. The lowest BCUT2D eigenvalue weighted by Crippen LogP contribution is -2.43. The Hall–Kier alpha value is -3.17. The third kappa shape index (κ3) is 3.52. The quantitative estimate of drug-likeness (QED) is 0.872. The van der Waals surface area contributed by atoms with E-state index >= 15 is 0 Å². The number of hydrogen-bond donors (Lipinski definition) is 1. The van der Waals surface area contributed by atoms with Crippen LogP contribution >= 0.6 is 0 Å². The van der Waals surface area contributed by atoms with E-state index in [1.807, 2.05) is 54.6 Å². The summed E-state index contributed by atoms with van der Waals surface area (Å²) in [6.07, 6.45) is 1.51. The molecule has 0 fully saturated rings. The molecule has 6 nitrogen and oxygen atoms in total. The van der Waals surface area contributed by atoms with E-state index in [-0.39, 0.29) is 0 Å². The van der Waals surface area contributed by atoms with Gasteiger partial charge >= 0.3 is 0 Å². The van der Waals surface area contributed by atoms with Crippen molar-refractivity contribution in [2.75, 3.05) is 7.11 Å². The zero-order chi connectivity index (χ0) is 17.6. The summed E-state index contributed by atoms with van der Waals surface area (Å²) in [7, 11) is 1.60. The molecule has 0 bridgehead atoms. The molecule has 2 unspecified atom stereocenters. The lowest BCUT2D eigenvalue weighted by Gasteiger charge is -2.33. The first-order chi connectivity index (χ1) is 12.2. The average molecular weight is 333 g/mol. The number of rotatable bonds is 4. The van der Waals surface area contributed by atoms with E-state index in [0.717, 1.165) is 11.1 Å². The molecule has 2 atom stereocenters. The fourth-order valence-electron chi connectivity index (χ4n) is 2.87. The van der Waals surface area contributed by atoms with Crippen LogP contribution in [0.4, 0.5) is 0 Å². The first kappa shape index (κ1) is 16.7. The van der Waals surface area contributed by atoms with E-state index in [0.29, 0.717) is 18.1 Å². The lowest BCUT2D eigenvalue weighted by molar-refractivity contribution is 0.292. The molecule has 0 spiro atoms. The predicted octanol–water partition coefficient (Wildman–Crippen LogP) is 2.69. The molecule has 25 heavy (non-hydrogen) atoms. The number of ether oxygens (including phenoxy) is 1. The van der Waals surface area contributed by atoms with Crippen molar-refractivity contribution in [1.29, 1.82) is 5.26 Å². The van der Waals surface area contributed by atoms with Crippen LogP contribution in [0.5, 0.6) is 5.75 Å². The van der Waals surface area contributed by atoms with E-state index < -0.39 is 12.0 Å². The molecule has 0 saturated heterocycles. The van der Waals surface area contributed by atoms with Crippen LogP contribution < -0.4 is 10.6 Å². The van der Waals surface area contributed by atoms with Crippen molar-refractivity contribution in [3.05, 3.63) is 65.7 Å². The Morgan fingerprint density at radius 2 is 1.92 bits per heavy atom. The summed E-state index contributed by atoms with van der Waals surface area (Å²) in [5.41, 5.74) is 1.89. The molecule has 1 aliphatic rings. The second-order valence-corrected chi connectivity index (χ2v) is 5.65. The Morgan fingerprint density at radius 1 is 1.20 bits per heavy atom. The Bertz CT molecular complexity index is 825. The predicted molar refractivity (Wildman–Crippen MR) is 96.9 cm³/mol. The second-order valence-electron chi connectivity index (χ2n) is 5.65. The number of methoxy groups -OCH3 is 1. The van der Waals surface area contributed by atoms with Gasteiger partial charge in [0.05, 0.1) is 25.8 Å². The zero-order valence-electron chi connectivity index (χ0n) is 13.9. The first-order valence-electron chi connectivity index (χ1n) is 7.92. The third-order valence-electron chi connectivity index (χ3n) is 4.10. The van der Waals surface area contributed by atoms with Gasteiger partial charge < -0.3 is 4.74 Å². The molecule has 2 aromatic carbocycles. The molecule has 6 heteroatoms. The van der Waals surface area contributed by atoms with Gasteiger partial charge in [0.15, 0.2) is 0 Å². The third-order valence-corrected chi connectivity index (χ3v) is 4.10. The average Bonchev–Trinajstić information content (AvgIpc) is 2.67. The van der Waals surface area contributed by atoms with Crippen LogP contribution in [-0.2, 0) is 6.54 Å². The van der Waals surface area contributed by atoms with E-state index in [4.69, 9.17) is 10.6 Å². The SMILES string of the molecule is COc1ccccc1C1C(C#N)C(=NCc2ccccc2)N=CN1N. The number of aliphatic imine (C=N–C) groups is 2. The number of para-hydroxylation sites is 1. The molecule has 1 heterocycles. The van der Waals surface area contributed by atoms with Crippen molar-refractivity contribution in [3.8, 4) is 11.8 Å².